The summed E-state index contributed by atoms with van der Waals surface area (Å²) in [6, 6.07) is 3.88. The molecule has 1 N–H and O–H groups in total. The maximum absolute atomic E-state index is 13.3. The first kappa shape index (κ1) is 29.0. The molecular formula is C30H42N4O5S. The Morgan fingerprint density at radius 2 is 1.77 bits per heavy atom. The number of carbonyl (C=O) groups is 2. The molecule has 3 heterocycles. The van der Waals surface area contributed by atoms with Gasteiger partial charge < -0.3 is 15.0 Å². The van der Waals surface area contributed by atoms with Gasteiger partial charge in [-0.05, 0) is 74.4 Å². The Kier molecular flexibility index (Phi) is 7.98. The molecule has 1 aromatic rings. The standard InChI is InChI=1S/C30H42N4O5S/c1-21-16-25(34(23(3)35)18-29(4)19-39-20-29)17-22(2)26(21)10-15-40(37,38)33-13-11-30(12-14-33)28(36)31-27(32-30)24-8-6-5-7-9-24/h10,15-17,24H,5-9,11-14,18-20H2,1-4H3,(H,31,32,36). The third-order valence-electron chi connectivity index (χ3n) is 9.02. The van der Waals surface area contributed by atoms with Crippen LogP contribution < -0.4 is 10.2 Å². The zero-order valence-corrected chi connectivity index (χ0v) is 25.0. The van der Waals surface area contributed by atoms with Gasteiger partial charge in [-0.25, -0.2) is 8.42 Å². The Bertz CT molecular complexity index is 1310. The lowest BCUT2D eigenvalue weighted by atomic mass is 9.87. The predicted molar refractivity (Wildman–Crippen MR) is 157 cm³/mol. The van der Waals surface area contributed by atoms with Gasteiger partial charge in [-0.2, -0.15) is 4.31 Å². The number of nitrogens with zero attached hydrogens (tertiary/aromatic N) is 3. The third kappa shape index (κ3) is 5.76. The van der Waals surface area contributed by atoms with Crippen molar-refractivity contribution in [2.45, 2.75) is 78.2 Å². The average molecular weight is 571 g/mol. The number of piperidine rings is 1. The Hall–Kier alpha value is -2.56. The van der Waals surface area contributed by atoms with E-state index in [1.807, 2.05) is 26.0 Å². The van der Waals surface area contributed by atoms with Crippen LogP contribution in [0.4, 0.5) is 5.69 Å². The van der Waals surface area contributed by atoms with Gasteiger partial charge in [0, 0.05) is 49.0 Å². The van der Waals surface area contributed by atoms with Crippen LogP contribution in [-0.2, 0) is 24.3 Å². The highest BCUT2D eigenvalue weighted by molar-refractivity contribution is 7.92. The van der Waals surface area contributed by atoms with Crippen molar-refractivity contribution in [1.82, 2.24) is 9.62 Å². The van der Waals surface area contributed by atoms with Gasteiger partial charge in [0.15, 0.2) is 0 Å². The van der Waals surface area contributed by atoms with Crippen molar-refractivity contribution in [2.75, 3.05) is 37.7 Å². The molecule has 1 spiro atoms. The Morgan fingerprint density at radius 1 is 1.15 bits per heavy atom. The highest BCUT2D eigenvalue weighted by Gasteiger charge is 2.48. The fourth-order valence-electron chi connectivity index (χ4n) is 6.48. The van der Waals surface area contributed by atoms with E-state index in [2.05, 4.69) is 12.2 Å². The summed E-state index contributed by atoms with van der Waals surface area (Å²) < 4.78 is 33.4. The van der Waals surface area contributed by atoms with Gasteiger partial charge in [0.1, 0.15) is 11.4 Å². The lowest BCUT2D eigenvalue weighted by molar-refractivity contribution is -0.125. The van der Waals surface area contributed by atoms with Crippen molar-refractivity contribution in [1.29, 1.82) is 0 Å². The molecular weight excluding hydrogens is 528 g/mol. The number of aryl methyl sites for hydroxylation is 2. The summed E-state index contributed by atoms with van der Waals surface area (Å²) in [6.45, 7) is 9.88. The van der Waals surface area contributed by atoms with Crippen LogP contribution in [0, 0.1) is 25.2 Å². The number of hydrogen-bond donors (Lipinski definition) is 1. The SMILES string of the molecule is CC(=O)N(CC1(C)COC1)c1cc(C)c(C=CS(=O)(=O)N2CCC3(CC2)N=C(C2CCCCC2)NC3=O)c(C)c1. The van der Waals surface area contributed by atoms with Crippen molar-refractivity contribution in [3.63, 3.8) is 0 Å². The number of amides is 2. The van der Waals surface area contributed by atoms with Gasteiger partial charge in [0.05, 0.1) is 13.2 Å². The van der Waals surface area contributed by atoms with Gasteiger partial charge in [-0.3, -0.25) is 14.6 Å². The van der Waals surface area contributed by atoms with Crippen LogP contribution in [0.15, 0.2) is 22.5 Å². The summed E-state index contributed by atoms with van der Waals surface area (Å²) >= 11 is 0. The molecule has 0 atom stereocenters. The molecule has 3 aliphatic heterocycles. The maximum atomic E-state index is 13.3. The molecule has 2 saturated heterocycles. The fourth-order valence-corrected chi connectivity index (χ4v) is 7.65. The van der Waals surface area contributed by atoms with Crippen LogP contribution in [0.5, 0.6) is 0 Å². The van der Waals surface area contributed by atoms with E-state index in [9.17, 15) is 18.0 Å². The maximum Gasteiger partial charge on any atom is 0.253 e. The monoisotopic (exact) mass is 570 g/mol. The number of anilines is 1. The van der Waals surface area contributed by atoms with E-state index in [0.717, 1.165) is 53.9 Å². The normalized spacial score (nSPS) is 23.2. The number of rotatable bonds is 7. The van der Waals surface area contributed by atoms with Crippen molar-refractivity contribution < 1.29 is 22.7 Å². The minimum Gasteiger partial charge on any atom is -0.380 e. The summed E-state index contributed by atoms with van der Waals surface area (Å²) in [5.74, 6) is 1.02. The first-order chi connectivity index (χ1) is 18.9. The molecule has 9 nitrogen and oxygen atoms in total. The molecule has 4 aliphatic rings. The Morgan fingerprint density at radius 3 is 2.33 bits per heavy atom. The van der Waals surface area contributed by atoms with Crippen LogP contribution in [0.25, 0.3) is 6.08 Å². The number of amidine groups is 1. The molecule has 10 heteroatoms. The lowest BCUT2D eigenvalue weighted by Gasteiger charge is -2.41. The molecule has 40 heavy (non-hydrogen) atoms. The molecule has 0 bridgehead atoms. The number of carbonyl (C=O) groups excluding carboxylic acids is 2. The summed E-state index contributed by atoms with van der Waals surface area (Å²) in [7, 11) is -3.68. The first-order valence-corrected chi connectivity index (χ1v) is 16.0. The Balaban J connectivity index is 1.27. The first-order valence-electron chi connectivity index (χ1n) is 14.5. The van der Waals surface area contributed by atoms with Crippen LogP contribution in [0.1, 0.15) is 75.5 Å². The van der Waals surface area contributed by atoms with Gasteiger partial charge >= 0.3 is 0 Å². The summed E-state index contributed by atoms with van der Waals surface area (Å²) in [4.78, 5) is 32.0. The van der Waals surface area contributed by atoms with Crippen LogP contribution in [0.3, 0.4) is 0 Å². The van der Waals surface area contributed by atoms with Crippen LogP contribution in [-0.4, -0.2) is 68.8 Å². The van der Waals surface area contributed by atoms with E-state index in [-0.39, 0.29) is 30.3 Å². The van der Waals surface area contributed by atoms with Gasteiger partial charge in [-0.15, -0.1) is 0 Å². The van der Waals surface area contributed by atoms with E-state index in [1.54, 1.807) is 17.9 Å². The van der Waals surface area contributed by atoms with Crippen molar-refractivity contribution in [3.05, 3.63) is 34.2 Å². The number of benzene rings is 1. The summed E-state index contributed by atoms with van der Waals surface area (Å²) in [5, 5.41) is 4.30. The summed E-state index contributed by atoms with van der Waals surface area (Å²) in [6.07, 6.45) is 8.10. The molecule has 0 aromatic heterocycles. The van der Waals surface area contributed by atoms with Crippen molar-refractivity contribution in [3.8, 4) is 0 Å². The highest BCUT2D eigenvalue weighted by Crippen LogP contribution is 2.35. The molecule has 218 valence electrons. The minimum atomic E-state index is -3.68. The molecule has 0 unspecified atom stereocenters. The third-order valence-corrected chi connectivity index (χ3v) is 10.6. The van der Waals surface area contributed by atoms with Crippen molar-refractivity contribution in [2.24, 2.45) is 16.3 Å². The Labute approximate surface area is 238 Å². The quantitative estimate of drug-likeness (QED) is 0.534. The number of nitrogens with one attached hydrogen (secondary N) is 1. The van der Waals surface area contributed by atoms with E-state index >= 15 is 0 Å². The second-order valence-corrected chi connectivity index (χ2v) is 14.3. The molecule has 2 amide bonds. The number of hydrogen-bond acceptors (Lipinski definition) is 6. The van der Waals surface area contributed by atoms with Crippen molar-refractivity contribution >= 4 is 39.4 Å². The molecule has 1 aliphatic carbocycles. The molecule has 5 rings (SSSR count). The molecule has 1 aromatic carbocycles. The smallest absolute Gasteiger partial charge is 0.253 e. The molecule has 0 radical (unpaired) electrons. The zero-order chi connectivity index (χ0) is 28.7. The van der Waals surface area contributed by atoms with E-state index in [0.29, 0.717) is 38.5 Å². The largest absolute Gasteiger partial charge is 0.380 e. The average Bonchev–Trinajstić information content (AvgIpc) is 3.21. The number of ether oxygens (including phenoxy) is 1. The van der Waals surface area contributed by atoms with Gasteiger partial charge in [0.2, 0.25) is 15.9 Å². The van der Waals surface area contributed by atoms with Crippen LogP contribution in [0.2, 0.25) is 0 Å². The van der Waals surface area contributed by atoms with Gasteiger partial charge in [-0.1, -0.05) is 26.2 Å². The number of sulfonamides is 1. The molecule has 3 fully saturated rings. The van der Waals surface area contributed by atoms with Crippen LogP contribution >= 0.6 is 0 Å². The van der Waals surface area contributed by atoms with E-state index in [1.165, 1.54) is 16.1 Å². The molecule has 1 saturated carbocycles. The zero-order valence-electron chi connectivity index (χ0n) is 24.2. The second-order valence-electron chi connectivity index (χ2n) is 12.5. The van der Waals surface area contributed by atoms with Gasteiger partial charge in [0.25, 0.3) is 5.91 Å². The highest BCUT2D eigenvalue weighted by atomic mass is 32.2. The summed E-state index contributed by atoms with van der Waals surface area (Å²) in [5.41, 5.74) is 2.52. The topological polar surface area (TPSA) is 108 Å². The number of aliphatic imine (C=N–C) groups is 1. The van der Waals surface area contributed by atoms with E-state index < -0.39 is 15.6 Å². The lowest BCUT2D eigenvalue weighted by Crippen LogP contribution is -2.50. The van der Waals surface area contributed by atoms with E-state index in [4.69, 9.17) is 9.73 Å². The second kappa shape index (κ2) is 11.0. The fraction of sp³-hybridized carbons (Fsp3) is 0.633. The predicted octanol–water partition coefficient (Wildman–Crippen LogP) is 3.94. The minimum absolute atomic E-state index is 0.0354.